The second-order valence-corrected chi connectivity index (χ2v) is 6.81. The van der Waals surface area contributed by atoms with Crippen molar-refractivity contribution in [1.29, 1.82) is 5.26 Å². The molecule has 1 aromatic carbocycles. The first-order valence-electron chi connectivity index (χ1n) is 7.82. The summed E-state index contributed by atoms with van der Waals surface area (Å²) in [6.45, 7) is 7.11. The molecule has 1 fully saturated rings. The van der Waals surface area contributed by atoms with Gasteiger partial charge in [0.05, 0.1) is 5.56 Å². The SMILES string of the molecule is CC(C)(C)OC(=O)NC1CCCN(c2ccc(N)c(C#N)c2)C1. The highest BCUT2D eigenvalue weighted by molar-refractivity contribution is 5.68. The van der Waals surface area contributed by atoms with Gasteiger partial charge >= 0.3 is 6.09 Å². The molecule has 0 bridgehead atoms. The minimum atomic E-state index is -0.503. The molecule has 0 radical (unpaired) electrons. The van der Waals surface area contributed by atoms with Crippen LogP contribution in [0.5, 0.6) is 0 Å². The molecule has 1 unspecified atom stereocenters. The molecule has 124 valence electrons. The van der Waals surface area contributed by atoms with Gasteiger partial charge in [-0.2, -0.15) is 5.26 Å². The summed E-state index contributed by atoms with van der Waals surface area (Å²) < 4.78 is 5.31. The number of nitrogens with two attached hydrogens (primary N) is 1. The number of nitriles is 1. The summed E-state index contributed by atoms with van der Waals surface area (Å²) in [5.74, 6) is 0. The lowest BCUT2D eigenvalue weighted by atomic mass is 10.0. The molecule has 0 saturated carbocycles. The predicted octanol–water partition coefficient (Wildman–Crippen LogP) is 2.63. The van der Waals surface area contributed by atoms with Crippen LogP contribution in [0.15, 0.2) is 18.2 Å². The van der Waals surface area contributed by atoms with Crippen molar-refractivity contribution >= 4 is 17.5 Å². The number of ether oxygens (including phenoxy) is 1. The zero-order valence-electron chi connectivity index (χ0n) is 13.9. The summed E-state index contributed by atoms with van der Waals surface area (Å²) in [5.41, 5.74) is 7.17. The van der Waals surface area contributed by atoms with E-state index in [9.17, 15) is 4.79 Å². The molecule has 6 heteroatoms. The van der Waals surface area contributed by atoms with Gasteiger partial charge in [0, 0.05) is 30.5 Å². The fourth-order valence-electron chi connectivity index (χ4n) is 2.64. The number of nitrogens with zero attached hydrogens (tertiary/aromatic N) is 2. The number of carbonyl (C=O) groups excluding carboxylic acids is 1. The van der Waals surface area contributed by atoms with E-state index < -0.39 is 5.60 Å². The first kappa shape index (κ1) is 16.9. The molecule has 6 nitrogen and oxygen atoms in total. The van der Waals surface area contributed by atoms with Crippen LogP contribution >= 0.6 is 0 Å². The maximum absolute atomic E-state index is 11.9. The van der Waals surface area contributed by atoms with Crippen LogP contribution in [0.1, 0.15) is 39.2 Å². The van der Waals surface area contributed by atoms with Gasteiger partial charge in [-0.3, -0.25) is 0 Å². The average molecular weight is 316 g/mol. The number of alkyl carbamates (subject to hydrolysis) is 1. The molecule has 1 atom stereocenters. The lowest BCUT2D eigenvalue weighted by molar-refractivity contribution is 0.0500. The normalized spacial score (nSPS) is 18.2. The zero-order valence-corrected chi connectivity index (χ0v) is 13.9. The van der Waals surface area contributed by atoms with E-state index in [1.165, 1.54) is 0 Å². The van der Waals surface area contributed by atoms with Crippen LogP contribution in [-0.2, 0) is 4.74 Å². The predicted molar refractivity (Wildman–Crippen MR) is 90.2 cm³/mol. The monoisotopic (exact) mass is 316 g/mol. The van der Waals surface area contributed by atoms with Crippen molar-refractivity contribution in [2.75, 3.05) is 23.7 Å². The minimum absolute atomic E-state index is 0.0293. The highest BCUT2D eigenvalue weighted by Crippen LogP contribution is 2.24. The molecule has 0 spiro atoms. The maximum Gasteiger partial charge on any atom is 0.407 e. The number of anilines is 2. The van der Waals surface area contributed by atoms with Crippen LogP contribution in [0.2, 0.25) is 0 Å². The van der Waals surface area contributed by atoms with Crippen LogP contribution in [0.25, 0.3) is 0 Å². The van der Waals surface area contributed by atoms with Gasteiger partial charge in [-0.1, -0.05) is 0 Å². The molecule has 1 heterocycles. The second kappa shape index (κ2) is 6.78. The van der Waals surface area contributed by atoms with Crippen LogP contribution in [0, 0.1) is 11.3 Å². The van der Waals surface area contributed by atoms with Crippen molar-refractivity contribution < 1.29 is 9.53 Å². The standard InChI is InChI=1S/C17H24N4O2/c1-17(2,3)23-16(22)20-13-5-4-8-21(11-13)14-6-7-15(19)12(9-14)10-18/h6-7,9,13H,4-5,8,11,19H2,1-3H3,(H,20,22). The fraction of sp³-hybridized carbons (Fsp3) is 0.529. The largest absolute Gasteiger partial charge is 0.444 e. The van der Waals surface area contributed by atoms with Gasteiger partial charge in [0.2, 0.25) is 0 Å². The van der Waals surface area contributed by atoms with E-state index >= 15 is 0 Å². The van der Waals surface area contributed by atoms with E-state index in [0.717, 1.165) is 25.1 Å². The lowest BCUT2D eigenvalue weighted by Crippen LogP contribution is -2.49. The summed E-state index contributed by atoms with van der Waals surface area (Å²) >= 11 is 0. The number of piperidine rings is 1. The van der Waals surface area contributed by atoms with Crippen LogP contribution in [-0.4, -0.2) is 30.8 Å². The summed E-state index contributed by atoms with van der Waals surface area (Å²) in [5, 5.41) is 12.0. The minimum Gasteiger partial charge on any atom is -0.444 e. The Morgan fingerprint density at radius 1 is 1.48 bits per heavy atom. The number of rotatable bonds is 2. The van der Waals surface area contributed by atoms with Gasteiger partial charge in [0.15, 0.2) is 0 Å². The smallest absolute Gasteiger partial charge is 0.407 e. The Morgan fingerprint density at radius 2 is 2.22 bits per heavy atom. The fourth-order valence-corrected chi connectivity index (χ4v) is 2.64. The Hall–Kier alpha value is -2.42. The summed E-state index contributed by atoms with van der Waals surface area (Å²) in [6, 6.07) is 7.59. The molecule has 2 rings (SSSR count). The zero-order chi connectivity index (χ0) is 17.0. The van der Waals surface area contributed by atoms with E-state index in [1.807, 2.05) is 26.8 Å². The number of carbonyl (C=O) groups is 1. The molecular weight excluding hydrogens is 292 g/mol. The number of nitrogens with one attached hydrogen (secondary N) is 1. The Balaban J connectivity index is 2.01. The maximum atomic E-state index is 11.9. The van der Waals surface area contributed by atoms with Gasteiger partial charge in [-0.15, -0.1) is 0 Å². The van der Waals surface area contributed by atoms with Gasteiger partial charge < -0.3 is 20.7 Å². The molecule has 23 heavy (non-hydrogen) atoms. The highest BCUT2D eigenvalue weighted by Gasteiger charge is 2.24. The lowest BCUT2D eigenvalue weighted by Gasteiger charge is -2.35. The first-order valence-corrected chi connectivity index (χ1v) is 7.82. The molecule has 3 N–H and O–H groups in total. The number of hydrogen-bond donors (Lipinski definition) is 2. The van der Waals surface area contributed by atoms with Gasteiger partial charge in [-0.25, -0.2) is 4.79 Å². The van der Waals surface area contributed by atoms with Crippen molar-refractivity contribution in [3.63, 3.8) is 0 Å². The first-order chi connectivity index (χ1) is 10.8. The quantitative estimate of drug-likeness (QED) is 0.818. The molecule has 1 amide bonds. The van der Waals surface area contributed by atoms with Gasteiger partial charge in [0.1, 0.15) is 11.7 Å². The molecule has 0 aliphatic carbocycles. The number of nitrogen functional groups attached to an aromatic ring is 1. The summed E-state index contributed by atoms with van der Waals surface area (Å²) in [4.78, 5) is 14.1. The second-order valence-electron chi connectivity index (χ2n) is 6.81. The van der Waals surface area contributed by atoms with Crippen LogP contribution in [0.4, 0.5) is 16.2 Å². The van der Waals surface area contributed by atoms with Crippen LogP contribution < -0.4 is 16.0 Å². The van der Waals surface area contributed by atoms with Gasteiger partial charge in [-0.05, 0) is 51.8 Å². The number of amides is 1. The molecule has 1 aromatic rings. The van der Waals surface area contributed by atoms with E-state index in [-0.39, 0.29) is 12.1 Å². The number of benzene rings is 1. The summed E-state index contributed by atoms with van der Waals surface area (Å²) in [7, 11) is 0. The third-order valence-corrected chi connectivity index (χ3v) is 3.66. The molecular formula is C17H24N4O2. The molecule has 1 saturated heterocycles. The van der Waals surface area contributed by atoms with E-state index in [0.29, 0.717) is 17.8 Å². The Morgan fingerprint density at radius 3 is 2.87 bits per heavy atom. The van der Waals surface area contributed by atoms with Crippen LogP contribution in [0.3, 0.4) is 0 Å². The molecule has 1 aliphatic rings. The van der Waals surface area contributed by atoms with Crippen molar-refractivity contribution in [2.24, 2.45) is 0 Å². The van der Waals surface area contributed by atoms with Crippen molar-refractivity contribution in [3.05, 3.63) is 23.8 Å². The molecule has 0 aromatic heterocycles. The van der Waals surface area contributed by atoms with E-state index in [1.54, 1.807) is 12.1 Å². The van der Waals surface area contributed by atoms with Crippen molar-refractivity contribution in [3.8, 4) is 6.07 Å². The van der Waals surface area contributed by atoms with Crippen molar-refractivity contribution in [1.82, 2.24) is 5.32 Å². The summed E-state index contributed by atoms with van der Waals surface area (Å²) in [6.07, 6.45) is 1.49. The van der Waals surface area contributed by atoms with Crippen molar-refractivity contribution in [2.45, 2.75) is 45.3 Å². The third-order valence-electron chi connectivity index (χ3n) is 3.66. The Bertz CT molecular complexity index is 616. The molecule has 1 aliphatic heterocycles. The highest BCUT2D eigenvalue weighted by atomic mass is 16.6. The topological polar surface area (TPSA) is 91.4 Å². The number of hydrogen-bond acceptors (Lipinski definition) is 5. The van der Waals surface area contributed by atoms with E-state index in [2.05, 4.69) is 16.3 Å². The Labute approximate surface area is 137 Å². The average Bonchev–Trinajstić information content (AvgIpc) is 2.46. The Kier molecular flexibility index (Phi) is 4.99. The van der Waals surface area contributed by atoms with E-state index in [4.69, 9.17) is 15.7 Å². The third kappa shape index (κ3) is 4.78. The van der Waals surface area contributed by atoms with Gasteiger partial charge in [0.25, 0.3) is 0 Å².